The summed E-state index contributed by atoms with van der Waals surface area (Å²) in [5, 5.41) is 16.6. The average molecular weight is 525 g/mol. The minimum absolute atomic E-state index is 0.00554. The smallest absolute Gasteiger partial charge is 0.267 e. The molecule has 0 spiro atoms. The van der Waals surface area contributed by atoms with E-state index in [0.717, 1.165) is 23.2 Å². The molecule has 1 aromatic heterocycles. The van der Waals surface area contributed by atoms with Crippen molar-refractivity contribution in [3.8, 4) is 0 Å². The van der Waals surface area contributed by atoms with Crippen molar-refractivity contribution in [2.75, 3.05) is 17.2 Å². The molecule has 1 atom stereocenters. The number of carbonyl (C=O) groups excluding carboxylic acids is 2. The summed E-state index contributed by atoms with van der Waals surface area (Å²) in [5.74, 6) is -0.263. The Morgan fingerprint density at radius 3 is 2.89 bits per heavy atom. The standard InChI is InChI=1S/C27H29ClN4O3S/c1-17-6-5-8-22(28)25(17)31-26(35)23-15-29-27(36-23)30-21-11-10-20-16-32(13-12-19(20)14-21)24(34)9-4-3-7-18(2)33/h4-6,8-11,14-15,18,33H,3,7,12-13,16H2,1-2H3,(H,29,30)(H,31,35)/b9-4+. The van der Waals surface area contributed by atoms with Crippen molar-refractivity contribution < 1.29 is 14.7 Å². The van der Waals surface area contributed by atoms with Gasteiger partial charge in [-0.25, -0.2) is 4.98 Å². The zero-order valence-corrected chi connectivity index (χ0v) is 21.8. The number of fused-ring (bicyclic) bond motifs is 1. The van der Waals surface area contributed by atoms with Crippen molar-refractivity contribution in [2.24, 2.45) is 0 Å². The molecule has 3 aromatic rings. The van der Waals surface area contributed by atoms with Gasteiger partial charge in [0.15, 0.2) is 5.13 Å². The van der Waals surface area contributed by atoms with Crippen LogP contribution in [0.1, 0.15) is 46.1 Å². The Kier molecular flexibility index (Phi) is 8.40. The van der Waals surface area contributed by atoms with Gasteiger partial charge in [0.05, 0.1) is 23.0 Å². The number of benzene rings is 2. The molecule has 1 aliphatic heterocycles. The first-order valence-corrected chi connectivity index (χ1v) is 13.0. The van der Waals surface area contributed by atoms with Crippen molar-refractivity contribution in [3.05, 3.63) is 81.3 Å². The number of aliphatic hydroxyl groups excluding tert-OH is 1. The largest absolute Gasteiger partial charge is 0.393 e. The van der Waals surface area contributed by atoms with E-state index in [1.165, 1.54) is 16.9 Å². The highest BCUT2D eigenvalue weighted by Gasteiger charge is 2.20. The van der Waals surface area contributed by atoms with Crippen LogP contribution in [0.25, 0.3) is 0 Å². The Balaban J connectivity index is 1.36. The lowest BCUT2D eigenvalue weighted by atomic mass is 9.99. The Bertz CT molecular complexity index is 1270. The van der Waals surface area contributed by atoms with E-state index in [1.54, 1.807) is 25.3 Å². The number of para-hydroxylation sites is 1. The van der Waals surface area contributed by atoms with Crippen molar-refractivity contribution in [1.82, 2.24) is 9.88 Å². The van der Waals surface area contributed by atoms with Gasteiger partial charge in [-0.1, -0.05) is 47.2 Å². The van der Waals surface area contributed by atoms with Crippen molar-refractivity contribution in [2.45, 2.75) is 45.8 Å². The molecule has 2 aromatic carbocycles. The molecule has 1 aliphatic rings. The fraction of sp³-hybridized carbons (Fsp3) is 0.296. The molecule has 3 N–H and O–H groups in total. The number of aliphatic hydroxyl groups is 1. The Morgan fingerprint density at radius 2 is 2.11 bits per heavy atom. The second-order valence-corrected chi connectivity index (χ2v) is 10.3. The molecule has 0 saturated carbocycles. The lowest BCUT2D eigenvalue weighted by Gasteiger charge is -2.28. The van der Waals surface area contributed by atoms with Crippen LogP contribution >= 0.6 is 22.9 Å². The van der Waals surface area contributed by atoms with Gasteiger partial charge in [-0.3, -0.25) is 9.59 Å². The zero-order chi connectivity index (χ0) is 25.7. The lowest BCUT2D eigenvalue weighted by molar-refractivity contribution is -0.126. The molecule has 7 nitrogen and oxygen atoms in total. The van der Waals surface area contributed by atoms with E-state index in [0.29, 0.717) is 46.6 Å². The van der Waals surface area contributed by atoms with Crippen LogP contribution in [0.2, 0.25) is 5.02 Å². The van der Waals surface area contributed by atoms with E-state index in [9.17, 15) is 14.7 Å². The Hall–Kier alpha value is -3.20. The van der Waals surface area contributed by atoms with Gasteiger partial charge in [0, 0.05) is 18.8 Å². The maximum atomic E-state index is 12.7. The molecule has 2 amide bonds. The van der Waals surface area contributed by atoms with Crippen LogP contribution in [0.4, 0.5) is 16.5 Å². The third kappa shape index (κ3) is 6.51. The van der Waals surface area contributed by atoms with Crippen LogP contribution < -0.4 is 10.6 Å². The predicted octanol–water partition coefficient (Wildman–Crippen LogP) is 5.70. The first-order valence-electron chi connectivity index (χ1n) is 11.8. The highest BCUT2D eigenvalue weighted by molar-refractivity contribution is 7.17. The Morgan fingerprint density at radius 1 is 1.28 bits per heavy atom. The second kappa shape index (κ2) is 11.7. The number of nitrogens with one attached hydrogen (secondary N) is 2. The summed E-state index contributed by atoms with van der Waals surface area (Å²) < 4.78 is 0. The van der Waals surface area contributed by atoms with Crippen LogP contribution in [0.3, 0.4) is 0 Å². The summed E-state index contributed by atoms with van der Waals surface area (Å²) >= 11 is 7.49. The number of amides is 2. The number of hydrogen-bond acceptors (Lipinski definition) is 6. The molecule has 36 heavy (non-hydrogen) atoms. The van der Waals surface area contributed by atoms with E-state index in [2.05, 4.69) is 21.7 Å². The number of thiazole rings is 1. The normalized spacial score (nSPS) is 13.9. The van der Waals surface area contributed by atoms with Crippen LogP contribution in [0.15, 0.2) is 54.7 Å². The third-order valence-electron chi connectivity index (χ3n) is 5.98. The molecule has 188 valence electrons. The zero-order valence-electron chi connectivity index (χ0n) is 20.3. The monoisotopic (exact) mass is 524 g/mol. The molecule has 0 saturated heterocycles. The summed E-state index contributed by atoms with van der Waals surface area (Å²) in [6, 6.07) is 11.5. The quantitative estimate of drug-likeness (QED) is 0.328. The maximum Gasteiger partial charge on any atom is 0.267 e. The summed E-state index contributed by atoms with van der Waals surface area (Å²) in [6.07, 6.45) is 6.71. The highest BCUT2D eigenvalue weighted by atomic mass is 35.5. The molecule has 0 radical (unpaired) electrons. The minimum Gasteiger partial charge on any atom is -0.393 e. The number of halogens is 1. The molecule has 4 rings (SSSR count). The van der Waals surface area contributed by atoms with E-state index < -0.39 is 0 Å². The van der Waals surface area contributed by atoms with Gasteiger partial charge >= 0.3 is 0 Å². The first-order chi connectivity index (χ1) is 17.3. The number of hydrogen-bond donors (Lipinski definition) is 3. The summed E-state index contributed by atoms with van der Waals surface area (Å²) in [7, 11) is 0. The highest BCUT2D eigenvalue weighted by Crippen LogP contribution is 2.29. The first kappa shape index (κ1) is 25.9. The molecule has 9 heteroatoms. The van der Waals surface area contributed by atoms with E-state index in [4.69, 9.17) is 11.6 Å². The number of anilines is 3. The number of allylic oxidation sites excluding steroid dienone is 1. The molecular formula is C27H29ClN4O3S. The van der Waals surface area contributed by atoms with E-state index in [1.807, 2.05) is 42.2 Å². The van der Waals surface area contributed by atoms with Gasteiger partial charge in [-0.2, -0.15) is 0 Å². The van der Waals surface area contributed by atoms with Crippen LogP contribution in [-0.4, -0.2) is 39.5 Å². The summed E-state index contributed by atoms with van der Waals surface area (Å²) in [6.45, 7) is 4.85. The number of carbonyl (C=O) groups is 2. The van der Waals surface area contributed by atoms with Gasteiger partial charge in [0.2, 0.25) is 5.91 Å². The van der Waals surface area contributed by atoms with Crippen molar-refractivity contribution >= 4 is 51.3 Å². The topological polar surface area (TPSA) is 94.6 Å². The summed E-state index contributed by atoms with van der Waals surface area (Å²) in [5.41, 5.74) is 4.68. The lowest BCUT2D eigenvalue weighted by Crippen LogP contribution is -2.34. The number of nitrogens with zero attached hydrogens (tertiary/aromatic N) is 2. The third-order valence-corrected chi connectivity index (χ3v) is 7.21. The number of aryl methyl sites for hydroxylation is 1. The average Bonchev–Trinajstić information content (AvgIpc) is 3.32. The SMILES string of the molecule is Cc1cccc(Cl)c1NC(=O)c1cnc(Nc2ccc3c(c2)CCN(C(=O)/C=C/CCC(C)O)C3)s1. The Labute approximate surface area is 219 Å². The van der Waals surface area contributed by atoms with Crippen LogP contribution in [0, 0.1) is 6.92 Å². The molecule has 1 unspecified atom stereocenters. The van der Waals surface area contributed by atoms with Crippen molar-refractivity contribution in [3.63, 3.8) is 0 Å². The molecule has 0 bridgehead atoms. The van der Waals surface area contributed by atoms with Crippen LogP contribution in [0.5, 0.6) is 0 Å². The van der Waals surface area contributed by atoms with Gasteiger partial charge < -0.3 is 20.6 Å². The van der Waals surface area contributed by atoms with Crippen molar-refractivity contribution in [1.29, 1.82) is 0 Å². The van der Waals surface area contributed by atoms with E-state index in [-0.39, 0.29) is 17.9 Å². The summed E-state index contributed by atoms with van der Waals surface area (Å²) in [4.78, 5) is 31.8. The number of rotatable bonds is 8. The molecule has 2 heterocycles. The molecule has 0 aliphatic carbocycles. The molecular weight excluding hydrogens is 496 g/mol. The second-order valence-electron chi connectivity index (χ2n) is 8.86. The number of aromatic nitrogens is 1. The minimum atomic E-state index is -0.361. The fourth-order valence-corrected chi connectivity index (χ4v) is 4.97. The maximum absolute atomic E-state index is 12.7. The van der Waals surface area contributed by atoms with Gasteiger partial charge in [0.1, 0.15) is 4.88 Å². The van der Waals surface area contributed by atoms with Gasteiger partial charge in [-0.05, 0) is 74.1 Å². The van der Waals surface area contributed by atoms with Gasteiger partial charge in [-0.15, -0.1) is 0 Å². The van der Waals surface area contributed by atoms with Gasteiger partial charge in [0.25, 0.3) is 5.91 Å². The fourth-order valence-electron chi connectivity index (χ4n) is 3.97. The van der Waals surface area contributed by atoms with Crippen LogP contribution in [-0.2, 0) is 17.8 Å². The predicted molar refractivity (Wildman–Crippen MR) is 145 cm³/mol. The molecule has 0 fully saturated rings. The van der Waals surface area contributed by atoms with E-state index >= 15 is 0 Å².